The Morgan fingerprint density at radius 1 is 0.968 bits per heavy atom. The number of nitrogens with zero attached hydrogens (tertiary/aromatic N) is 2. The maximum absolute atomic E-state index is 13.4. The van der Waals surface area contributed by atoms with Gasteiger partial charge in [-0.3, -0.25) is 9.48 Å². The van der Waals surface area contributed by atoms with Gasteiger partial charge in [0.25, 0.3) is 0 Å². The van der Waals surface area contributed by atoms with Crippen molar-refractivity contribution in [1.82, 2.24) is 9.78 Å². The Labute approximate surface area is 180 Å². The van der Waals surface area contributed by atoms with Crippen molar-refractivity contribution in [3.05, 3.63) is 102 Å². The van der Waals surface area contributed by atoms with E-state index in [9.17, 15) is 4.79 Å². The molecule has 1 N–H and O–H groups in total. The van der Waals surface area contributed by atoms with Crippen LogP contribution in [0, 0.1) is 0 Å². The molecule has 154 valence electrons. The van der Waals surface area contributed by atoms with E-state index < -0.39 is 5.92 Å². The fraction of sp³-hybridized carbons (Fsp3) is 0.120. The lowest BCUT2D eigenvalue weighted by molar-refractivity contribution is -0.116. The summed E-state index contributed by atoms with van der Waals surface area (Å²) in [5.74, 6) is 1.54. The number of benzene rings is 3. The van der Waals surface area contributed by atoms with Gasteiger partial charge in [0.1, 0.15) is 23.9 Å². The molecule has 0 spiro atoms. The highest BCUT2D eigenvalue weighted by molar-refractivity contribution is 5.99. The normalized spacial score (nSPS) is 12.4. The summed E-state index contributed by atoms with van der Waals surface area (Å²) in [6.45, 7) is 1.14. The summed E-state index contributed by atoms with van der Waals surface area (Å²) in [7, 11) is 0. The predicted molar refractivity (Wildman–Crippen MR) is 118 cm³/mol. The third-order valence-corrected chi connectivity index (χ3v) is 5.19. The second-order valence-corrected chi connectivity index (χ2v) is 7.25. The summed E-state index contributed by atoms with van der Waals surface area (Å²) in [4.78, 5) is 13.4. The van der Waals surface area contributed by atoms with Gasteiger partial charge in [0.2, 0.25) is 5.91 Å². The molecule has 2 heterocycles. The molecule has 1 aliphatic rings. The van der Waals surface area contributed by atoms with Gasteiger partial charge in [-0.05, 0) is 30.3 Å². The van der Waals surface area contributed by atoms with Crippen molar-refractivity contribution < 1.29 is 14.3 Å². The van der Waals surface area contributed by atoms with Crippen LogP contribution in [0.15, 0.2) is 91.3 Å². The molecule has 4 aromatic rings. The zero-order valence-electron chi connectivity index (χ0n) is 16.8. The molecule has 0 saturated carbocycles. The van der Waals surface area contributed by atoms with E-state index in [1.165, 1.54) is 0 Å². The van der Waals surface area contributed by atoms with Crippen LogP contribution >= 0.6 is 0 Å². The van der Waals surface area contributed by atoms with Crippen molar-refractivity contribution in [1.29, 1.82) is 0 Å². The third kappa shape index (κ3) is 4.00. The number of para-hydroxylation sites is 2. The molecule has 6 nitrogen and oxygen atoms in total. The van der Waals surface area contributed by atoms with E-state index in [1.807, 2.05) is 89.7 Å². The lowest BCUT2D eigenvalue weighted by atomic mass is 9.87. The van der Waals surface area contributed by atoms with E-state index in [4.69, 9.17) is 9.47 Å². The number of carbonyl (C=O) groups is 1. The van der Waals surface area contributed by atoms with Crippen molar-refractivity contribution in [2.75, 3.05) is 11.9 Å². The molecule has 0 saturated heterocycles. The molecule has 1 aliphatic heterocycles. The predicted octanol–water partition coefficient (Wildman–Crippen LogP) is 4.84. The van der Waals surface area contributed by atoms with Crippen LogP contribution in [0.2, 0.25) is 0 Å². The second kappa shape index (κ2) is 8.36. The summed E-state index contributed by atoms with van der Waals surface area (Å²) < 4.78 is 13.6. The van der Waals surface area contributed by atoms with Gasteiger partial charge < -0.3 is 14.8 Å². The van der Waals surface area contributed by atoms with Crippen LogP contribution in [0.1, 0.15) is 17.0 Å². The molecular formula is C25H21N3O3. The first-order valence-electron chi connectivity index (χ1n) is 10.1. The maximum Gasteiger partial charge on any atom is 0.236 e. The second-order valence-electron chi connectivity index (χ2n) is 7.25. The zero-order chi connectivity index (χ0) is 21.0. The molecule has 6 heteroatoms. The monoisotopic (exact) mass is 411 g/mol. The van der Waals surface area contributed by atoms with Crippen LogP contribution in [-0.4, -0.2) is 22.3 Å². The van der Waals surface area contributed by atoms with E-state index in [1.54, 1.807) is 6.20 Å². The number of rotatable bonds is 6. The number of aromatic nitrogens is 2. The third-order valence-electron chi connectivity index (χ3n) is 5.19. The molecule has 0 unspecified atom stereocenters. The Balaban J connectivity index is 1.34. The zero-order valence-corrected chi connectivity index (χ0v) is 16.8. The fourth-order valence-corrected chi connectivity index (χ4v) is 3.76. The number of nitrogens with one attached hydrogen (secondary N) is 1. The fourth-order valence-electron chi connectivity index (χ4n) is 3.76. The van der Waals surface area contributed by atoms with Gasteiger partial charge in [-0.25, -0.2) is 0 Å². The summed E-state index contributed by atoms with van der Waals surface area (Å²) >= 11 is 0. The Bertz CT molecular complexity index is 1160. The molecule has 5 rings (SSSR count). The molecule has 0 bridgehead atoms. The first-order valence-corrected chi connectivity index (χ1v) is 10.1. The Morgan fingerprint density at radius 3 is 2.42 bits per heavy atom. The number of ether oxygens (including phenoxy) is 2. The van der Waals surface area contributed by atoms with Gasteiger partial charge in [-0.1, -0.05) is 42.5 Å². The van der Waals surface area contributed by atoms with Crippen molar-refractivity contribution in [2.24, 2.45) is 0 Å². The van der Waals surface area contributed by atoms with Gasteiger partial charge in [-0.15, -0.1) is 0 Å². The van der Waals surface area contributed by atoms with Crippen molar-refractivity contribution in [2.45, 2.75) is 12.5 Å². The molecule has 0 fully saturated rings. The van der Waals surface area contributed by atoms with Crippen LogP contribution in [-0.2, 0) is 11.3 Å². The topological polar surface area (TPSA) is 65.4 Å². The van der Waals surface area contributed by atoms with Gasteiger partial charge in [0.15, 0.2) is 0 Å². The van der Waals surface area contributed by atoms with Crippen LogP contribution in [0.5, 0.6) is 17.2 Å². The van der Waals surface area contributed by atoms with Gasteiger partial charge in [0.05, 0.1) is 12.5 Å². The van der Waals surface area contributed by atoms with Gasteiger partial charge in [-0.2, -0.15) is 5.10 Å². The average molecular weight is 411 g/mol. The molecule has 0 radical (unpaired) electrons. The van der Waals surface area contributed by atoms with Crippen LogP contribution < -0.4 is 14.8 Å². The van der Waals surface area contributed by atoms with Crippen LogP contribution in [0.4, 0.5) is 5.69 Å². The molecular weight excluding hydrogens is 390 g/mol. The van der Waals surface area contributed by atoms with E-state index >= 15 is 0 Å². The van der Waals surface area contributed by atoms with Crippen molar-refractivity contribution >= 4 is 11.6 Å². The minimum absolute atomic E-state index is 0.114. The summed E-state index contributed by atoms with van der Waals surface area (Å²) in [6, 6.07) is 24.6. The van der Waals surface area contributed by atoms with E-state index in [-0.39, 0.29) is 5.91 Å². The molecule has 0 aliphatic carbocycles. The smallest absolute Gasteiger partial charge is 0.236 e. The SMILES string of the molecule is O=C(Nc1cccc(OCCn2cccn2)c1)C1c2ccccc2Oc2ccccc21. The van der Waals surface area contributed by atoms with E-state index in [0.717, 1.165) is 11.1 Å². The molecule has 0 atom stereocenters. The van der Waals surface area contributed by atoms with Gasteiger partial charge in [0, 0.05) is 35.3 Å². The average Bonchev–Trinajstić information content (AvgIpc) is 3.31. The van der Waals surface area contributed by atoms with E-state index in [2.05, 4.69) is 10.4 Å². The number of fused-ring (bicyclic) bond motifs is 2. The first-order chi connectivity index (χ1) is 15.3. The molecule has 31 heavy (non-hydrogen) atoms. The summed E-state index contributed by atoms with van der Waals surface area (Å²) in [6.07, 6.45) is 3.63. The lowest BCUT2D eigenvalue weighted by Gasteiger charge is -2.27. The number of anilines is 1. The first kappa shape index (κ1) is 18.9. The summed E-state index contributed by atoms with van der Waals surface area (Å²) in [5, 5.41) is 7.21. The molecule has 1 aromatic heterocycles. The lowest BCUT2D eigenvalue weighted by Crippen LogP contribution is -2.25. The van der Waals surface area contributed by atoms with Crippen molar-refractivity contribution in [3.8, 4) is 17.2 Å². The van der Waals surface area contributed by atoms with Crippen LogP contribution in [0.3, 0.4) is 0 Å². The number of hydrogen-bond acceptors (Lipinski definition) is 4. The maximum atomic E-state index is 13.4. The highest BCUT2D eigenvalue weighted by Gasteiger charge is 2.32. The number of carbonyl (C=O) groups excluding carboxylic acids is 1. The molecule has 1 amide bonds. The van der Waals surface area contributed by atoms with Crippen LogP contribution in [0.25, 0.3) is 0 Å². The Hall–Kier alpha value is -4.06. The number of amides is 1. The Morgan fingerprint density at radius 2 is 1.71 bits per heavy atom. The minimum atomic E-state index is -0.453. The van der Waals surface area contributed by atoms with Gasteiger partial charge >= 0.3 is 0 Å². The largest absolute Gasteiger partial charge is 0.492 e. The van der Waals surface area contributed by atoms with E-state index in [0.29, 0.717) is 36.1 Å². The quantitative estimate of drug-likeness (QED) is 0.493. The van der Waals surface area contributed by atoms with Crippen molar-refractivity contribution in [3.63, 3.8) is 0 Å². The highest BCUT2D eigenvalue weighted by atomic mass is 16.5. The minimum Gasteiger partial charge on any atom is -0.492 e. The summed E-state index contributed by atoms with van der Waals surface area (Å²) in [5.41, 5.74) is 2.39. The number of hydrogen-bond donors (Lipinski definition) is 1. The highest BCUT2D eigenvalue weighted by Crippen LogP contribution is 2.44. The standard InChI is InChI=1S/C25H21N3O3/c29-25(24-20-9-1-3-11-22(20)31-23-12-4-2-10-21(23)24)27-18-7-5-8-19(17-18)30-16-15-28-14-6-13-26-28/h1-14,17,24H,15-16H2,(H,27,29). The molecule has 3 aromatic carbocycles. The Kier molecular flexibility index (Phi) is 5.10.